The van der Waals surface area contributed by atoms with E-state index in [-0.39, 0.29) is 5.82 Å². The van der Waals surface area contributed by atoms with Crippen LogP contribution in [-0.2, 0) is 6.54 Å². The van der Waals surface area contributed by atoms with Gasteiger partial charge in [0.1, 0.15) is 16.6 Å². The van der Waals surface area contributed by atoms with Crippen molar-refractivity contribution in [3.63, 3.8) is 0 Å². The molecule has 0 aliphatic heterocycles. The van der Waals surface area contributed by atoms with Crippen molar-refractivity contribution in [1.82, 2.24) is 5.32 Å². The van der Waals surface area contributed by atoms with E-state index < -0.39 is 0 Å². The van der Waals surface area contributed by atoms with Crippen LogP contribution in [0.2, 0.25) is 0 Å². The topological polar surface area (TPSA) is 21.3 Å². The molecule has 0 amide bonds. The highest BCUT2D eigenvalue weighted by Crippen LogP contribution is 2.20. The minimum Gasteiger partial charge on any atom is -0.496 e. The van der Waals surface area contributed by atoms with Gasteiger partial charge in [-0.05, 0) is 35.9 Å². The molecule has 0 saturated carbocycles. The average Bonchev–Trinajstić information content (AvgIpc) is 2.46. The molecule has 0 heterocycles. The lowest BCUT2D eigenvalue weighted by Crippen LogP contribution is -2.22. The van der Waals surface area contributed by atoms with E-state index in [0.29, 0.717) is 22.8 Å². The lowest BCUT2D eigenvalue weighted by molar-refractivity contribution is 0.412. The molecule has 0 aromatic heterocycles. The molecule has 0 bridgehead atoms. The Bertz CT molecular complexity index is 616. The monoisotopic (exact) mass is 353 g/mol. The van der Waals surface area contributed by atoms with Crippen LogP contribution in [-0.4, -0.2) is 12.1 Å². The number of hydrogen-bond acceptors (Lipinski definition) is 2. The van der Waals surface area contributed by atoms with Crippen molar-refractivity contribution in [3.8, 4) is 5.75 Å². The zero-order valence-corrected chi connectivity index (χ0v) is 13.2. The minimum absolute atomic E-state index is 0.339. The Morgan fingerprint density at radius 3 is 2.60 bits per heavy atom. The van der Waals surface area contributed by atoms with Crippen LogP contribution < -0.4 is 10.1 Å². The van der Waals surface area contributed by atoms with Crippen LogP contribution >= 0.6 is 28.1 Å². The van der Waals surface area contributed by atoms with Crippen molar-refractivity contribution < 1.29 is 9.13 Å². The largest absolute Gasteiger partial charge is 0.496 e. The molecule has 2 aromatic rings. The highest BCUT2D eigenvalue weighted by atomic mass is 79.9. The molecule has 20 heavy (non-hydrogen) atoms. The third-order valence-electron chi connectivity index (χ3n) is 2.77. The van der Waals surface area contributed by atoms with Crippen LogP contribution in [0, 0.1) is 5.82 Å². The zero-order valence-electron chi connectivity index (χ0n) is 10.8. The van der Waals surface area contributed by atoms with Gasteiger partial charge in [0.05, 0.1) is 12.7 Å². The first-order chi connectivity index (χ1) is 9.60. The third kappa shape index (κ3) is 3.77. The van der Waals surface area contributed by atoms with Gasteiger partial charge in [-0.25, -0.2) is 4.39 Å². The highest BCUT2D eigenvalue weighted by molar-refractivity contribution is 9.10. The molecule has 1 N–H and O–H groups in total. The number of rotatable bonds is 4. The molecule has 0 spiro atoms. The van der Waals surface area contributed by atoms with Crippen molar-refractivity contribution in [2.24, 2.45) is 0 Å². The van der Waals surface area contributed by atoms with Gasteiger partial charge >= 0.3 is 0 Å². The molecule has 2 aromatic carbocycles. The maximum atomic E-state index is 13.3. The Labute approximate surface area is 131 Å². The molecule has 0 aliphatic rings. The molecule has 2 nitrogen and oxygen atoms in total. The van der Waals surface area contributed by atoms with Crippen LogP contribution in [0.15, 0.2) is 46.9 Å². The summed E-state index contributed by atoms with van der Waals surface area (Å²) in [5.41, 5.74) is 1.64. The summed E-state index contributed by atoms with van der Waals surface area (Å²) in [6, 6.07) is 12.2. The van der Waals surface area contributed by atoms with E-state index in [2.05, 4.69) is 21.2 Å². The summed E-state index contributed by atoms with van der Waals surface area (Å²) in [6.45, 7) is 0.575. The number of hydrogen-bond donors (Lipinski definition) is 1. The second-order valence-corrected chi connectivity index (χ2v) is 5.48. The Balaban J connectivity index is 2.08. The van der Waals surface area contributed by atoms with Gasteiger partial charge in [-0.15, -0.1) is 0 Å². The summed E-state index contributed by atoms with van der Waals surface area (Å²) < 4.78 is 19.5. The normalized spacial score (nSPS) is 10.2. The fourth-order valence-electron chi connectivity index (χ4n) is 1.74. The summed E-state index contributed by atoms with van der Waals surface area (Å²) >= 11 is 8.68. The number of benzene rings is 2. The van der Waals surface area contributed by atoms with Gasteiger partial charge in [0.2, 0.25) is 0 Å². The minimum atomic E-state index is -0.339. The van der Waals surface area contributed by atoms with E-state index in [1.165, 1.54) is 19.2 Å². The SMILES string of the molecule is COc1ccc(F)cc1C(=S)NCc1ccc(Br)cc1. The quantitative estimate of drug-likeness (QED) is 0.837. The first-order valence-electron chi connectivity index (χ1n) is 5.96. The Morgan fingerprint density at radius 1 is 1.25 bits per heavy atom. The van der Waals surface area contributed by atoms with Gasteiger partial charge in [0, 0.05) is 11.0 Å². The van der Waals surface area contributed by atoms with Crippen LogP contribution in [0.4, 0.5) is 4.39 Å². The summed E-state index contributed by atoms with van der Waals surface area (Å²) in [7, 11) is 1.54. The predicted molar refractivity (Wildman–Crippen MR) is 85.6 cm³/mol. The van der Waals surface area contributed by atoms with Crippen LogP contribution in [0.1, 0.15) is 11.1 Å². The number of ether oxygens (including phenoxy) is 1. The average molecular weight is 354 g/mol. The summed E-state index contributed by atoms with van der Waals surface area (Å²) in [5, 5.41) is 3.11. The molecule has 5 heteroatoms. The second-order valence-electron chi connectivity index (χ2n) is 4.15. The predicted octanol–water partition coefficient (Wildman–Crippen LogP) is 4.06. The lowest BCUT2D eigenvalue weighted by Gasteiger charge is -2.12. The number of nitrogens with one attached hydrogen (secondary N) is 1. The van der Waals surface area contributed by atoms with Gasteiger partial charge in [-0.2, -0.15) is 0 Å². The van der Waals surface area contributed by atoms with E-state index in [9.17, 15) is 4.39 Å². The van der Waals surface area contributed by atoms with E-state index in [1.54, 1.807) is 6.07 Å². The standard InChI is InChI=1S/C15H13BrFNOS/c1-19-14-7-6-12(17)8-13(14)15(20)18-9-10-2-4-11(16)5-3-10/h2-8H,9H2,1H3,(H,18,20). The van der Waals surface area contributed by atoms with Crippen LogP contribution in [0.3, 0.4) is 0 Å². The van der Waals surface area contributed by atoms with Crippen molar-refractivity contribution in [2.45, 2.75) is 6.54 Å². The zero-order chi connectivity index (χ0) is 14.5. The van der Waals surface area contributed by atoms with E-state index in [1.807, 2.05) is 24.3 Å². The molecule has 0 unspecified atom stereocenters. The van der Waals surface area contributed by atoms with E-state index in [4.69, 9.17) is 17.0 Å². The van der Waals surface area contributed by atoms with Gasteiger partial charge in [-0.3, -0.25) is 0 Å². The Kier molecular flexibility index (Phi) is 5.09. The summed E-state index contributed by atoms with van der Waals surface area (Å²) in [4.78, 5) is 0.462. The maximum absolute atomic E-state index is 13.3. The van der Waals surface area contributed by atoms with Crippen molar-refractivity contribution in [2.75, 3.05) is 7.11 Å². The van der Waals surface area contributed by atoms with Crippen molar-refractivity contribution >= 4 is 33.1 Å². The smallest absolute Gasteiger partial charge is 0.129 e. The Morgan fingerprint density at radius 2 is 1.95 bits per heavy atom. The van der Waals surface area contributed by atoms with Gasteiger partial charge < -0.3 is 10.1 Å². The van der Waals surface area contributed by atoms with Crippen molar-refractivity contribution in [1.29, 1.82) is 0 Å². The molecule has 0 saturated heterocycles. The fourth-order valence-corrected chi connectivity index (χ4v) is 2.23. The third-order valence-corrected chi connectivity index (χ3v) is 3.67. The van der Waals surface area contributed by atoms with E-state index in [0.717, 1.165) is 10.0 Å². The van der Waals surface area contributed by atoms with Gasteiger partial charge in [-0.1, -0.05) is 40.3 Å². The molecule has 0 radical (unpaired) electrons. The first kappa shape index (κ1) is 14.9. The highest BCUT2D eigenvalue weighted by Gasteiger charge is 2.09. The molecule has 2 rings (SSSR count). The van der Waals surface area contributed by atoms with Crippen molar-refractivity contribution in [3.05, 3.63) is 63.9 Å². The summed E-state index contributed by atoms with van der Waals surface area (Å²) in [6.07, 6.45) is 0. The molecule has 0 atom stereocenters. The second kappa shape index (κ2) is 6.81. The van der Waals surface area contributed by atoms with Crippen LogP contribution in [0.25, 0.3) is 0 Å². The van der Waals surface area contributed by atoms with Gasteiger partial charge in [0.25, 0.3) is 0 Å². The Hall–Kier alpha value is -1.46. The molecule has 0 aliphatic carbocycles. The molecule has 0 fully saturated rings. The summed E-state index contributed by atoms with van der Waals surface area (Å²) in [5.74, 6) is 0.216. The number of methoxy groups -OCH3 is 1. The fraction of sp³-hybridized carbons (Fsp3) is 0.133. The molecule has 104 valence electrons. The maximum Gasteiger partial charge on any atom is 0.129 e. The lowest BCUT2D eigenvalue weighted by atomic mass is 10.1. The van der Waals surface area contributed by atoms with Crippen LogP contribution in [0.5, 0.6) is 5.75 Å². The van der Waals surface area contributed by atoms with E-state index >= 15 is 0 Å². The first-order valence-corrected chi connectivity index (χ1v) is 7.16. The number of thiocarbonyl (C=S) groups is 1. The van der Waals surface area contributed by atoms with Gasteiger partial charge in [0.15, 0.2) is 0 Å². The number of halogens is 2. The molecular formula is C15H13BrFNOS. The molecular weight excluding hydrogens is 341 g/mol.